The van der Waals surface area contributed by atoms with Gasteiger partial charge in [-0.3, -0.25) is 26.4 Å². The number of hydrogen-bond acceptors (Lipinski definition) is 3. The normalized spacial score (nSPS) is 13.3. The zero-order chi connectivity index (χ0) is 15.9. The Bertz CT molecular complexity index is 264. The van der Waals surface area contributed by atoms with E-state index in [-0.39, 0.29) is 26.5 Å². The molecule has 1 aliphatic carbocycles. The van der Waals surface area contributed by atoms with E-state index in [2.05, 4.69) is 68.0 Å². The minimum absolute atomic E-state index is 0. The number of hydrogen-bond donors (Lipinski definition) is 0. The van der Waals surface area contributed by atoms with Crippen molar-refractivity contribution in [3.63, 3.8) is 0 Å². The van der Waals surface area contributed by atoms with E-state index < -0.39 is 0 Å². The quantitative estimate of drug-likeness (QED) is 0.434. The van der Waals surface area contributed by atoms with Gasteiger partial charge in [0.05, 0.1) is 0 Å². The molecule has 1 rings (SSSR count). The van der Waals surface area contributed by atoms with Crippen molar-refractivity contribution in [1.82, 2.24) is 0 Å². The van der Waals surface area contributed by atoms with Gasteiger partial charge in [0.1, 0.15) is 0 Å². The molecule has 0 spiro atoms. The summed E-state index contributed by atoms with van der Waals surface area (Å²) in [5, 5.41) is 0. The first-order chi connectivity index (χ1) is 8.45. The fourth-order valence-corrected chi connectivity index (χ4v) is 1.41. The SMILES string of the molecule is CC1=[C-]C(C)(C)C(C)=C1C.[CH-]=O.[CH-]=O.[CH-]=O.[CH2-]C.[W]. The molecule has 0 saturated carbocycles. The molecular formula is C15H23O3W-5. The third kappa shape index (κ3) is 12.0. The van der Waals surface area contributed by atoms with Crippen molar-refractivity contribution >= 4 is 20.4 Å². The molecule has 0 unspecified atom stereocenters. The third-order valence-electron chi connectivity index (χ3n) is 2.56. The van der Waals surface area contributed by atoms with Gasteiger partial charge in [-0.1, -0.05) is 33.1 Å². The maximum Gasteiger partial charge on any atom is 0 e. The van der Waals surface area contributed by atoms with Crippen molar-refractivity contribution in [2.75, 3.05) is 0 Å². The van der Waals surface area contributed by atoms with Crippen molar-refractivity contribution in [3.8, 4) is 0 Å². The summed E-state index contributed by atoms with van der Waals surface area (Å²) in [5.41, 5.74) is 4.39. The Morgan fingerprint density at radius 2 is 1.16 bits per heavy atom. The maximum atomic E-state index is 7.75. The van der Waals surface area contributed by atoms with Crippen LogP contribution < -0.4 is 0 Å². The molecule has 1 aliphatic rings. The second-order valence-corrected chi connectivity index (χ2v) is 3.62. The van der Waals surface area contributed by atoms with Crippen LogP contribution in [0.5, 0.6) is 0 Å². The molecule has 3 nitrogen and oxygen atoms in total. The number of rotatable bonds is 0. The monoisotopic (exact) mass is 435 g/mol. The summed E-state index contributed by atoms with van der Waals surface area (Å²) in [5.74, 6) is 0. The Hall–Kier alpha value is -0.822. The molecule has 0 aromatic rings. The van der Waals surface area contributed by atoms with Gasteiger partial charge in [0, 0.05) is 21.1 Å². The van der Waals surface area contributed by atoms with E-state index in [1.807, 2.05) is 0 Å². The van der Waals surface area contributed by atoms with Crippen LogP contribution in [0.4, 0.5) is 0 Å². The largest absolute Gasteiger partial charge is 0.545 e. The maximum absolute atomic E-state index is 7.75. The molecule has 0 saturated heterocycles. The van der Waals surface area contributed by atoms with Gasteiger partial charge in [0.25, 0.3) is 0 Å². The van der Waals surface area contributed by atoms with Crippen LogP contribution in [0.15, 0.2) is 16.7 Å². The molecule has 112 valence electrons. The summed E-state index contributed by atoms with van der Waals surface area (Å²) in [4.78, 5) is 23.2. The van der Waals surface area contributed by atoms with Crippen LogP contribution in [0.1, 0.15) is 41.5 Å². The molecule has 0 aromatic heterocycles. The van der Waals surface area contributed by atoms with Gasteiger partial charge >= 0.3 is 0 Å². The first-order valence-corrected chi connectivity index (χ1v) is 5.16. The second-order valence-electron chi connectivity index (χ2n) is 3.62. The summed E-state index contributed by atoms with van der Waals surface area (Å²) in [6.45, 7) is 25.7. The van der Waals surface area contributed by atoms with Crippen LogP contribution in [0.2, 0.25) is 0 Å². The average molecular weight is 435 g/mol. The van der Waals surface area contributed by atoms with E-state index in [9.17, 15) is 0 Å². The molecule has 0 aromatic carbocycles. The zero-order valence-electron chi connectivity index (χ0n) is 12.6. The average Bonchev–Trinajstić information content (AvgIpc) is 2.61. The molecule has 19 heavy (non-hydrogen) atoms. The van der Waals surface area contributed by atoms with Gasteiger partial charge in [-0.05, 0) is 0 Å². The minimum Gasteiger partial charge on any atom is -0.545 e. The van der Waals surface area contributed by atoms with Crippen LogP contribution in [-0.4, -0.2) is 20.4 Å². The van der Waals surface area contributed by atoms with E-state index in [4.69, 9.17) is 14.4 Å². The summed E-state index contributed by atoms with van der Waals surface area (Å²) in [7, 11) is 0. The molecule has 0 atom stereocenters. The molecule has 0 bridgehead atoms. The molecule has 0 heterocycles. The first kappa shape index (κ1) is 30.9. The van der Waals surface area contributed by atoms with E-state index >= 15 is 0 Å². The van der Waals surface area contributed by atoms with E-state index in [0.717, 1.165) is 0 Å². The Balaban J connectivity index is -0.0000000628. The van der Waals surface area contributed by atoms with Crippen molar-refractivity contribution in [2.24, 2.45) is 5.41 Å². The summed E-state index contributed by atoms with van der Waals surface area (Å²) in [6.07, 6.45) is 3.44. The molecule has 0 aliphatic heterocycles. The zero-order valence-corrected chi connectivity index (χ0v) is 15.5. The Morgan fingerprint density at radius 3 is 1.21 bits per heavy atom. The summed E-state index contributed by atoms with van der Waals surface area (Å²) < 4.78 is 0. The Labute approximate surface area is 132 Å². The molecule has 4 heteroatoms. The first-order valence-electron chi connectivity index (χ1n) is 5.16. The van der Waals surface area contributed by atoms with Crippen molar-refractivity contribution in [1.29, 1.82) is 0 Å². The Kier molecular flexibility index (Phi) is 31.7. The van der Waals surface area contributed by atoms with Gasteiger partial charge in [-0.2, -0.15) is 18.1 Å². The predicted molar refractivity (Wildman–Crippen MR) is 75.9 cm³/mol. The van der Waals surface area contributed by atoms with Crippen LogP contribution >= 0.6 is 0 Å². The Morgan fingerprint density at radius 1 is 0.895 bits per heavy atom. The number of carbonyl (C=O) groups excluding carboxylic acids is 3. The van der Waals surface area contributed by atoms with Crippen molar-refractivity contribution < 1.29 is 35.4 Å². The minimum atomic E-state index is 0. The van der Waals surface area contributed by atoms with Crippen LogP contribution in [0.3, 0.4) is 0 Å². The van der Waals surface area contributed by atoms with Gasteiger partial charge in [-0.25, -0.2) is 5.57 Å². The van der Waals surface area contributed by atoms with Crippen LogP contribution in [0, 0.1) is 18.4 Å². The molecule has 0 amide bonds. The van der Waals surface area contributed by atoms with E-state index in [1.54, 1.807) is 6.92 Å². The van der Waals surface area contributed by atoms with Gasteiger partial charge in [-0.15, -0.1) is 6.92 Å². The van der Waals surface area contributed by atoms with Crippen molar-refractivity contribution in [3.05, 3.63) is 29.7 Å². The summed E-state index contributed by atoms with van der Waals surface area (Å²) >= 11 is 0. The standard InChI is InChI=1S/C10H15.C2H5.3CHO.W/c1-7-6-10(4,5)9(3)8(7)2;4*1-2;/h1-5H3;1H2,2H3;3*1H;/q5*-1;. The fourth-order valence-electron chi connectivity index (χ4n) is 1.41. The van der Waals surface area contributed by atoms with Gasteiger partial charge in [0.15, 0.2) is 0 Å². The fraction of sp³-hybridized carbons (Fsp3) is 0.467. The van der Waals surface area contributed by atoms with Crippen LogP contribution in [-0.2, 0) is 35.4 Å². The van der Waals surface area contributed by atoms with Gasteiger partial charge in [0.2, 0.25) is 0 Å². The van der Waals surface area contributed by atoms with Gasteiger partial charge < -0.3 is 21.3 Å². The molecule has 0 N–H and O–H groups in total. The van der Waals surface area contributed by atoms with Crippen LogP contribution in [0.25, 0.3) is 0 Å². The topological polar surface area (TPSA) is 51.2 Å². The molecular weight excluding hydrogens is 412 g/mol. The second kappa shape index (κ2) is 19.5. The van der Waals surface area contributed by atoms with E-state index in [0.29, 0.717) is 0 Å². The van der Waals surface area contributed by atoms with Crippen molar-refractivity contribution in [2.45, 2.75) is 41.5 Å². The van der Waals surface area contributed by atoms with E-state index in [1.165, 1.54) is 16.7 Å². The smallest absolute Gasteiger partial charge is 0 e. The number of allylic oxidation sites excluding steroid dienone is 4. The summed E-state index contributed by atoms with van der Waals surface area (Å²) in [6, 6.07) is 0. The molecule has 0 radical (unpaired) electrons. The third-order valence-corrected chi connectivity index (χ3v) is 2.56. The predicted octanol–water partition coefficient (Wildman–Crippen LogP) is 3.13. The molecule has 0 fully saturated rings.